The Kier molecular flexibility index (Phi) is 8.48. The van der Waals surface area contributed by atoms with E-state index >= 15 is 0 Å². The molecule has 0 saturated heterocycles. The number of nitrogens with zero attached hydrogens (tertiary/aromatic N) is 2. The van der Waals surface area contributed by atoms with Gasteiger partial charge in [0.25, 0.3) is 5.56 Å². The summed E-state index contributed by atoms with van der Waals surface area (Å²) in [7, 11) is 1.35. The Morgan fingerprint density at radius 3 is 2.50 bits per heavy atom. The van der Waals surface area contributed by atoms with E-state index in [4.69, 9.17) is 9.47 Å². The zero-order valence-electron chi connectivity index (χ0n) is 20.9. The fourth-order valence-corrected chi connectivity index (χ4v) is 5.60. The predicted octanol–water partition coefficient (Wildman–Crippen LogP) is 4.70. The second kappa shape index (κ2) is 11.8. The van der Waals surface area contributed by atoms with Gasteiger partial charge in [-0.3, -0.25) is 9.36 Å². The van der Waals surface area contributed by atoms with Crippen LogP contribution in [0.5, 0.6) is 5.75 Å². The van der Waals surface area contributed by atoms with Gasteiger partial charge in [0.2, 0.25) is 0 Å². The number of aromatic nitrogens is 1. The second-order valence-electron chi connectivity index (χ2n) is 8.47. The first-order valence-corrected chi connectivity index (χ1v) is 14.0. The Balaban J connectivity index is 1.74. The van der Waals surface area contributed by atoms with E-state index in [1.807, 2.05) is 60.9 Å². The van der Waals surface area contributed by atoms with Gasteiger partial charge in [-0.2, -0.15) is 0 Å². The van der Waals surface area contributed by atoms with Crippen molar-refractivity contribution in [2.45, 2.75) is 44.0 Å². The number of fused-ring (bicyclic) bond motifs is 1. The van der Waals surface area contributed by atoms with E-state index in [-0.39, 0.29) is 5.56 Å². The normalized spacial score (nSPS) is 15.4. The van der Waals surface area contributed by atoms with Crippen molar-refractivity contribution < 1.29 is 14.3 Å². The van der Waals surface area contributed by atoms with Crippen LogP contribution in [-0.4, -0.2) is 30.5 Å². The molecule has 0 aliphatic carbocycles. The lowest BCUT2D eigenvalue weighted by atomic mass is 9.96. The Morgan fingerprint density at radius 1 is 1.14 bits per heavy atom. The average molecular weight is 523 g/mol. The number of thiazole rings is 1. The number of allylic oxidation sites excluding steroid dienone is 1. The zero-order valence-corrected chi connectivity index (χ0v) is 22.6. The minimum Gasteiger partial charge on any atom is -0.494 e. The molecule has 1 aliphatic heterocycles. The third-order valence-electron chi connectivity index (χ3n) is 6.05. The van der Waals surface area contributed by atoms with E-state index in [0.717, 1.165) is 41.0 Å². The molecule has 1 aliphatic rings. The first-order valence-electron chi connectivity index (χ1n) is 11.9. The van der Waals surface area contributed by atoms with Crippen LogP contribution in [0.15, 0.2) is 74.5 Å². The van der Waals surface area contributed by atoms with Crippen molar-refractivity contribution in [2.75, 3.05) is 20.0 Å². The molecule has 8 heteroatoms. The molecule has 2 heterocycles. The summed E-state index contributed by atoms with van der Waals surface area (Å²) in [6, 6.07) is 15.0. The third-order valence-corrected chi connectivity index (χ3v) is 7.78. The van der Waals surface area contributed by atoms with E-state index in [2.05, 4.69) is 11.9 Å². The van der Waals surface area contributed by atoms with Crippen LogP contribution in [0.3, 0.4) is 0 Å². The van der Waals surface area contributed by atoms with Crippen LogP contribution in [0.4, 0.5) is 0 Å². The first kappa shape index (κ1) is 26.0. The lowest BCUT2D eigenvalue weighted by Gasteiger charge is -2.24. The van der Waals surface area contributed by atoms with Gasteiger partial charge in [0.05, 0.1) is 35.6 Å². The standard InChI is InChI=1S/C28H30N2O4S2/c1-5-6-7-16-34-21-12-8-19(9-13-21)17-23-26(31)30-25(20-10-14-22(35-4)15-11-20)24(27(32)33-3)18(2)29-28(30)36-23/h8-15,17,25H,5-7,16H2,1-4H3. The van der Waals surface area contributed by atoms with E-state index in [0.29, 0.717) is 27.2 Å². The van der Waals surface area contributed by atoms with Gasteiger partial charge in [0.1, 0.15) is 5.75 Å². The van der Waals surface area contributed by atoms with Crippen LogP contribution in [0, 0.1) is 0 Å². The highest BCUT2D eigenvalue weighted by atomic mass is 32.2. The van der Waals surface area contributed by atoms with Gasteiger partial charge in [-0.25, -0.2) is 9.79 Å². The van der Waals surface area contributed by atoms with Gasteiger partial charge in [0, 0.05) is 4.90 Å². The molecule has 0 radical (unpaired) electrons. The number of hydrogen-bond acceptors (Lipinski definition) is 7. The van der Waals surface area contributed by atoms with Gasteiger partial charge in [-0.05, 0) is 61.1 Å². The van der Waals surface area contributed by atoms with Crippen LogP contribution < -0.4 is 19.6 Å². The van der Waals surface area contributed by atoms with Gasteiger partial charge in [0.15, 0.2) is 4.80 Å². The maximum absolute atomic E-state index is 13.6. The summed E-state index contributed by atoms with van der Waals surface area (Å²) in [4.78, 5) is 32.7. The minimum absolute atomic E-state index is 0.188. The molecule has 1 unspecified atom stereocenters. The molecule has 3 aromatic rings. The SMILES string of the molecule is CCCCCOc1ccc(C=c2sc3n(c2=O)C(c2ccc(SC)cc2)C(C(=O)OC)=C(C)N=3)cc1. The number of unbranched alkanes of at least 4 members (excludes halogenated alkanes) is 2. The van der Waals surface area contributed by atoms with Crippen LogP contribution >= 0.6 is 23.1 Å². The largest absolute Gasteiger partial charge is 0.494 e. The highest BCUT2D eigenvalue weighted by molar-refractivity contribution is 7.98. The van der Waals surface area contributed by atoms with Gasteiger partial charge in [-0.1, -0.05) is 55.4 Å². The van der Waals surface area contributed by atoms with Crippen LogP contribution in [0.2, 0.25) is 0 Å². The number of rotatable bonds is 9. The van der Waals surface area contributed by atoms with E-state index in [1.165, 1.54) is 18.4 Å². The molecule has 1 atom stereocenters. The molecule has 0 bridgehead atoms. The molecule has 6 nitrogen and oxygen atoms in total. The highest BCUT2D eigenvalue weighted by Crippen LogP contribution is 2.31. The van der Waals surface area contributed by atoms with E-state index < -0.39 is 12.0 Å². The molecule has 1 aromatic heterocycles. The number of carbonyl (C=O) groups excluding carboxylic acids is 1. The summed E-state index contributed by atoms with van der Waals surface area (Å²) in [6.07, 6.45) is 7.21. The molecule has 36 heavy (non-hydrogen) atoms. The predicted molar refractivity (Wildman–Crippen MR) is 145 cm³/mol. The Labute approximate surface area is 219 Å². The van der Waals surface area contributed by atoms with Crippen molar-refractivity contribution in [2.24, 2.45) is 4.99 Å². The van der Waals surface area contributed by atoms with Gasteiger partial charge >= 0.3 is 5.97 Å². The number of thioether (sulfide) groups is 1. The second-order valence-corrected chi connectivity index (χ2v) is 10.4. The molecule has 0 saturated carbocycles. The van der Waals surface area contributed by atoms with Gasteiger partial charge < -0.3 is 9.47 Å². The first-order chi connectivity index (χ1) is 17.5. The molecule has 0 spiro atoms. The Morgan fingerprint density at radius 2 is 1.86 bits per heavy atom. The summed E-state index contributed by atoms with van der Waals surface area (Å²) in [5.41, 5.74) is 2.47. The smallest absolute Gasteiger partial charge is 0.338 e. The highest BCUT2D eigenvalue weighted by Gasteiger charge is 2.33. The number of benzene rings is 2. The Bertz CT molecular complexity index is 1430. The zero-order chi connectivity index (χ0) is 25.7. The van der Waals surface area contributed by atoms with Crippen molar-refractivity contribution in [3.05, 3.63) is 90.6 Å². The molecular weight excluding hydrogens is 492 g/mol. The van der Waals surface area contributed by atoms with E-state index in [1.54, 1.807) is 23.3 Å². The quantitative estimate of drug-likeness (QED) is 0.232. The molecule has 0 N–H and O–H groups in total. The average Bonchev–Trinajstić information content (AvgIpc) is 3.20. The van der Waals surface area contributed by atoms with Crippen molar-refractivity contribution in [3.63, 3.8) is 0 Å². The molecule has 4 rings (SSSR count). The molecule has 188 valence electrons. The van der Waals surface area contributed by atoms with Crippen molar-refractivity contribution in [1.29, 1.82) is 0 Å². The number of hydrogen-bond donors (Lipinski definition) is 0. The summed E-state index contributed by atoms with van der Waals surface area (Å²) in [5, 5.41) is 0. The summed E-state index contributed by atoms with van der Waals surface area (Å²) >= 11 is 2.95. The topological polar surface area (TPSA) is 69.9 Å². The maximum atomic E-state index is 13.6. The lowest BCUT2D eigenvalue weighted by molar-refractivity contribution is -0.136. The molecular formula is C28H30N2O4S2. The fourth-order valence-electron chi connectivity index (χ4n) is 4.15. The number of esters is 1. The lowest BCUT2D eigenvalue weighted by Crippen LogP contribution is -2.39. The third kappa shape index (κ3) is 5.50. The minimum atomic E-state index is -0.606. The summed E-state index contributed by atoms with van der Waals surface area (Å²) in [5.74, 6) is 0.329. The van der Waals surface area contributed by atoms with Crippen molar-refractivity contribution in [3.8, 4) is 5.75 Å². The van der Waals surface area contributed by atoms with Crippen LogP contribution in [0.1, 0.15) is 50.3 Å². The number of methoxy groups -OCH3 is 1. The monoisotopic (exact) mass is 522 g/mol. The van der Waals surface area contributed by atoms with Crippen molar-refractivity contribution in [1.82, 2.24) is 4.57 Å². The molecule has 2 aromatic carbocycles. The van der Waals surface area contributed by atoms with E-state index in [9.17, 15) is 9.59 Å². The molecule has 0 fully saturated rings. The molecule has 0 amide bonds. The number of carbonyl (C=O) groups is 1. The van der Waals surface area contributed by atoms with Gasteiger partial charge in [-0.15, -0.1) is 11.8 Å². The Hall–Kier alpha value is -3.10. The number of ether oxygens (including phenoxy) is 2. The maximum Gasteiger partial charge on any atom is 0.338 e. The van der Waals surface area contributed by atoms with Crippen LogP contribution in [-0.2, 0) is 9.53 Å². The van der Waals surface area contributed by atoms with Crippen molar-refractivity contribution >= 4 is 35.1 Å². The fraction of sp³-hybridized carbons (Fsp3) is 0.321. The summed E-state index contributed by atoms with van der Waals surface area (Å²) < 4.78 is 13.0. The summed E-state index contributed by atoms with van der Waals surface area (Å²) in [6.45, 7) is 4.65. The van der Waals surface area contributed by atoms with Crippen LogP contribution in [0.25, 0.3) is 6.08 Å².